The maximum Gasteiger partial charge on any atom is 0.254 e. The van der Waals surface area contributed by atoms with Crippen molar-refractivity contribution in [3.05, 3.63) is 71.4 Å². The number of ether oxygens (including phenoxy) is 1. The summed E-state index contributed by atoms with van der Waals surface area (Å²) in [5, 5.41) is 0. The minimum atomic E-state index is -0.330. The number of rotatable bonds is 4. The lowest BCUT2D eigenvalue weighted by Crippen LogP contribution is -2.37. The molecule has 0 N–H and O–H groups in total. The Balaban J connectivity index is 1.48. The Morgan fingerprint density at radius 2 is 1.71 bits per heavy atom. The summed E-state index contributed by atoms with van der Waals surface area (Å²) in [7, 11) is 0. The normalized spacial score (nSPS) is 15.6. The maximum atomic E-state index is 13.3. The number of aromatic nitrogens is 3. The Labute approximate surface area is 179 Å². The monoisotopic (exact) mass is 419 g/mol. The molecule has 1 saturated heterocycles. The number of halogens is 1. The standard InChI is InChI=1S/C23H22FN5O2/c24-17-3-5-18(6-4-17)31-21-19-15-29(22(30)16-7-10-25-11-8-16)14-9-20(19)26-23(27-21)28-12-1-2-13-28/h3-8,10-11H,1-2,9,12-15H2. The number of pyridine rings is 1. The molecule has 7 nitrogen and oxygen atoms in total. The van der Waals surface area contributed by atoms with Crippen LogP contribution in [0.1, 0.15) is 34.5 Å². The molecule has 0 radical (unpaired) electrons. The molecule has 3 aromatic rings. The van der Waals surface area contributed by atoms with Gasteiger partial charge in [-0.25, -0.2) is 9.37 Å². The van der Waals surface area contributed by atoms with Crippen LogP contribution in [0.25, 0.3) is 0 Å². The first kappa shape index (κ1) is 19.4. The minimum absolute atomic E-state index is 0.0654. The molecule has 31 heavy (non-hydrogen) atoms. The molecule has 0 spiro atoms. The lowest BCUT2D eigenvalue weighted by atomic mass is 10.1. The zero-order chi connectivity index (χ0) is 21.2. The molecular weight excluding hydrogens is 397 g/mol. The number of amides is 1. The van der Waals surface area contributed by atoms with Crippen molar-refractivity contribution in [3.63, 3.8) is 0 Å². The summed E-state index contributed by atoms with van der Waals surface area (Å²) >= 11 is 0. The largest absolute Gasteiger partial charge is 0.438 e. The first-order valence-electron chi connectivity index (χ1n) is 10.4. The molecule has 0 bridgehead atoms. The smallest absolute Gasteiger partial charge is 0.254 e. The van der Waals surface area contributed by atoms with Gasteiger partial charge in [0.1, 0.15) is 11.6 Å². The van der Waals surface area contributed by atoms with Crippen LogP contribution in [-0.4, -0.2) is 45.4 Å². The highest BCUT2D eigenvalue weighted by Crippen LogP contribution is 2.32. The van der Waals surface area contributed by atoms with E-state index >= 15 is 0 Å². The van der Waals surface area contributed by atoms with Crippen LogP contribution in [0.3, 0.4) is 0 Å². The molecule has 5 rings (SSSR count). The molecule has 0 aliphatic carbocycles. The van der Waals surface area contributed by atoms with E-state index in [0.717, 1.165) is 37.2 Å². The Bertz CT molecular complexity index is 1090. The Kier molecular flexibility index (Phi) is 5.19. The summed E-state index contributed by atoms with van der Waals surface area (Å²) in [5.41, 5.74) is 2.28. The van der Waals surface area contributed by atoms with E-state index in [1.807, 2.05) is 0 Å². The molecule has 0 saturated carbocycles. The van der Waals surface area contributed by atoms with Gasteiger partial charge in [0.15, 0.2) is 0 Å². The summed E-state index contributed by atoms with van der Waals surface area (Å²) in [4.78, 5) is 30.4. The quantitative estimate of drug-likeness (QED) is 0.644. The van der Waals surface area contributed by atoms with Crippen molar-refractivity contribution in [2.24, 2.45) is 0 Å². The molecule has 1 fully saturated rings. The number of hydrogen-bond donors (Lipinski definition) is 0. The van der Waals surface area contributed by atoms with Crippen LogP contribution < -0.4 is 9.64 Å². The minimum Gasteiger partial charge on any atom is -0.438 e. The zero-order valence-electron chi connectivity index (χ0n) is 17.0. The average Bonchev–Trinajstić information content (AvgIpc) is 3.35. The summed E-state index contributed by atoms with van der Waals surface area (Å²) in [6, 6.07) is 9.26. The molecule has 2 aliphatic heterocycles. The average molecular weight is 419 g/mol. The highest BCUT2D eigenvalue weighted by atomic mass is 19.1. The molecule has 2 aliphatic rings. The lowest BCUT2D eigenvalue weighted by Gasteiger charge is -2.30. The van der Waals surface area contributed by atoms with Crippen LogP contribution in [0.15, 0.2) is 48.8 Å². The molecule has 0 atom stereocenters. The number of fused-ring (bicyclic) bond motifs is 1. The third-order valence-corrected chi connectivity index (χ3v) is 5.64. The van der Waals surface area contributed by atoms with Crippen LogP contribution in [-0.2, 0) is 13.0 Å². The fourth-order valence-electron chi connectivity index (χ4n) is 3.98. The second-order valence-electron chi connectivity index (χ2n) is 7.72. The van der Waals surface area contributed by atoms with Gasteiger partial charge >= 0.3 is 0 Å². The van der Waals surface area contributed by atoms with E-state index < -0.39 is 0 Å². The van der Waals surface area contributed by atoms with Gasteiger partial charge in [-0.15, -0.1) is 0 Å². The van der Waals surface area contributed by atoms with Gasteiger partial charge in [-0.2, -0.15) is 4.98 Å². The van der Waals surface area contributed by atoms with Crippen molar-refractivity contribution >= 4 is 11.9 Å². The van der Waals surface area contributed by atoms with Crippen LogP contribution in [0.5, 0.6) is 11.6 Å². The van der Waals surface area contributed by atoms with E-state index in [-0.39, 0.29) is 11.7 Å². The van der Waals surface area contributed by atoms with Gasteiger partial charge in [-0.1, -0.05) is 0 Å². The van der Waals surface area contributed by atoms with E-state index in [0.29, 0.717) is 42.7 Å². The van der Waals surface area contributed by atoms with Crippen molar-refractivity contribution in [2.45, 2.75) is 25.8 Å². The van der Waals surface area contributed by atoms with E-state index in [4.69, 9.17) is 14.7 Å². The van der Waals surface area contributed by atoms with Crippen LogP contribution in [0.4, 0.5) is 10.3 Å². The van der Waals surface area contributed by atoms with Crippen LogP contribution >= 0.6 is 0 Å². The van der Waals surface area contributed by atoms with Crippen molar-refractivity contribution in [1.29, 1.82) is 0 Å². The van der Waals surface area contributed by atoms with Gasteiger partial charge in [-0.05, 0) is 49.2 Å². The topological polar surface area (TPSA) is 71.5 Å². The van der Waals surface area contributed by atoms with Crippen molar-refractivity contribution < 1.29 is 13.9 Å². The van der Waals surface area contributed by atoms with Crippen LogP contribution in [0.2, 0.25) is 0 Å². The van der Waals surface area contributed by atoms with E-state index in [1.165, 1.54) is 12.1 Å². The van der Waals surface area contributed by atoms with Gasteiger partial charge < -0.3 is 14.5 Å². The van der Waals surface area contributed by atoms with Crippen molar-refractivity contribution in [2.75, 3.05) is 24.5 Å². The third kappa shape index (κ3) is 4.05. The fourth-order valence-corrected chi connectivity index (χ4v) is 3.98. The van der Waals surface area contributed by atoms with Gasteiger partial charge in [0.05, 0.1) is 17.8 Å². The number of carbonyl (C=O) groups excluding carboxylic acids is 1. The number of benzene rings is 1. The fraction of sp³-hybridized carbons (Fsp3) is 0.304. The highest BCUT2D eigenvalue weighted by Gasteiger charge is 2.28. The number of carbonyl (C=O) groups is 1. The first-order valence-corrected chi connectivity index (χ1v) is 10.4. The molecule has 8 heteroatoms. The van der Waals surface area contributed by atoms with E-state index in [9.17, 15) is 9.18 Å². The zero-order valence-corrected chi connectivity index (χ0v) is 17.0. The molecule has 4 heterocycles. The molecule has 1 aromatic carbocycles. The second-order valence-corrected chi connectivity index (χ2v) is 7.72. The van der Waals surface area contributed by atoms with Crippen LogP contribution in [0, 0.1) is 5.82 Å². The molecular formula is C23H22FN5O2. The number of hydrogen-bond acceptors (Lipinski definition) is 6. The summed E-state index contributed by atoms with van der Waals surface area (Å²) in [6.45, 7) is 2.76. The highest BCUT2D eigenvalue weighted by molar-refractivity contribution is 5.94. The Morgan fingerprint density at radius 1 is 0.968 bits per heavy atom. The number of nitrogens with zero attached hydrogens (tertiary/aromatic N) is 5. The maximum absolute atomic E-state index is 13.3. The van der Waals surface area contributed by atoms with Gasteiger partial charge in [0, 0.05) is 44.0 Å². The second kappa shape index (κ2) is 8.29. The van der Waals surface area contributed by atoms with Gasteiger partial charge in [0.2, 0.25) is 11.8 Å². The molecule has 158 valence electrons. The van der Waals surface area contributed by atoms with Crippen molar-refractivity contribution in [1.82, 2.24) is 19.9 Å². The van der Waals surface area contributed by atoms with Gasteiger partial charge in [-0.3, -0.25) is 9.78 Å². The predicted molar refractivity (Wildman–Crippen MR) is 113 cm³/mol. The first-order chi connectivity index (χ1) is 15.2. The van der Waals surface area contributed by atoms with E-state index in [1.54, 1.807) is 41.6 Å². The third-order valence-electron chi connectivity index (χ3n) is 5.64. The number of anilines is 1. The molecule has 2 aromatic heterocycles. The Hall–Kier alpha value is -3.55. The lowest BCUT2D eigenvalue weighted by molar-refractivity contribution is 0.0732. The van der Waals surface area contributed by atoms with Crippen molar-refractivity contribution in [3.8, 4) is 11.6 Å². The molecule has 1 amide bonds. The SMILES string of the molecule is O=C(c1ccncc1)N1CCc2nc(N3CCCC3)nc(Oc3ccc(F)cc3)c2C1. The van der Waals surface area contributed by atoms with Gasteiger partial charge in [0.25, 0.3) is 5.91 Å². The summed E-state index contributed by atoms with van der Waals surface area (Å²) < 4.78 is 19.4. The molecule has 0 unspecified atom stereocenters. The predicted octanol–water partition coefficient (Wildman–Crippen LogP) is 3.60. The van der Waals surface area contributed by atoms with E-state index in [2.05, 4.69) is 9.88 Å². The summed E-state index contributed by atoms with van der Waals surface area (Å²) in [5.74, 6) is 1.17. The summed E-state index contributed by atoms with van der Waals surface area (Å²) in [6.07, 6.45) is 6.07. The Morgan fingerprint density at radius 3 is 2.45 bits per heavy atom.